The summed E-state index contributed by atoms with van der Waals surface area (Å²) in [4.78, 5) is 25.3. The molecule has 0 saturated carbocycles. The standard InChI is InChI=1S/C24H23BrN2O4/c1-30-21-12-7-16(15-22(21)31-2)13-14-26-24(29)19-5-3-4-6-20(19)27-23(28)17-8-10-18(25)11-9-17/h3-12,15H,13-14H2,1-2H3,(H,26,29)(H,27,28). The van der Waals surface area contributed by atoms with Crippen LogP contribution >= 0.6 is 15.9 Å². The van der Waals surface area contributed by atoms with E-state index < -0.39 is 0 Å². The van der Waals surface area contributed by atoms with E-state index in [-0.39, 0.29) is 11.8 Å². The van der Waals surface area contributed by atoms with Crippen LogP contribution < -0.4 is 20.1 Å². The summed E-state index contributed by atoms with van der Waals surface area (Å²) < 4.78 is 11.4. The molecule has 0 fully saturated rings. The summed E-state index contributed by atoms with van der Waals surface area (Å²) in [7, 11) is 3.17. The molecule has 0 aliphatic heterocycles. The van der Waals surface area contributed by atoms with Crippen molar-refractivity contribution in [2.45, 2.75) is 6.42 Å². The second-order valence-electron chi connectivity index (χ2n) is 6.70. The van der Waals surface area contributed by atoms with Crippen molar-refractivity contribution in [3.63, 3.8) is 0 Å². The van der Waals surface area contributed by atoms with Crippen molar-refractivity contribution >= 4 is 33.4 Å². The van der Waals surface area contributed by atoms with Crippen molar-refractivity contribution in [1.29, 1.82) is 0 Å². The largest absolute Gasteiger partial charge is 0.493 e. The molecule has 0 bridgehead atoms. The van der Waals surface area contributed by atoms with Crippen molar-refractivity contribution < 1.29 is 19.1 Å². The Balaban J connectivity index is 1.63. The quantitative estimate of drug-likeness (QED) is 0.488. The van der Waals surface area contributed by atoms with E-state index >= 15 is 0 Å². The highest BCUT2D eigenvalue weighted by atomic mass is 79.9. The second-order valence-corrected chi connectivity index (χ2v) is 7.62. The average molecular weight is 483 g/mol. The molecule has 0 spiro atoms. The maximum absolute atomic E-state index is 12.7. The first-order chi connectivity index (χ1) is 15.0. The smallest absolute Gasteiger partial charge is 0.255 e. The maximum Gasteiger partial charge on any atom is 0.255 e. The molecule has 3 rings (SSSR count). The Labute approximate surface area is 189 Å². The number of para-hydroxylation sites is 1. The van der Waals surface area contributed by atoms with E-state index in [4.69, 9.17) is 9.47 Å². The van der Waals surface area contributed by atoms with Gasteiger partial charge in [0.25, 0.3) is 11.8 Å². The number of nitrogens with one attached hydrogen (secondary N) is 2. The van der Waals surface area contributed by atoms with E-state index in [1.807, 2.05) is 18.2 Å². The predicted molar refractivity (Wildman–Crippen MR) is 124 cm³/mol. The summed E-state index contributed by atoms with van der Waals surface area (Å²) in [5.74, 6) is 0.767. The molecule has 0 aliphatic rings. The molecule has 0 aromatic heterocycles. The Bertz CT molecular complexity index is 1070. The topological polar surface area (TPSA) is 76.7 Å². The lowest BCUT2D eigenvalue weighted by atomic mass is 10.1. The fourth-order valence-electron chi connectivity index (χ4n) is 3.04. The summed E-state index contributed by atoms with van der Waals surface area (Å²) in [5.41, 5.74) is 2.38. The van der Waals surface area contributed by atoms with Gasteiger partial charge in [-0.1, -0.05) is 34.1 Å². The number of anilines is 1. The van der Waals surface area contributed by atoms with Crippen LogP contribution in [-0.4, -0.2) is 32.6 Å². The first kappa shape index (κ1) is 22.4. The van der Waals surface area contributed by atoms with Gasteiger partial charge in [0.1, 0.15) is 0 Å². The zero-order valence-corrected chi connectivity index (χ0v) is 18.9. The van der Waals surface area contributed by atoms with Crippen LogP contribution in [0, 0.1) is 0 Å². The SMILES string of the molecule is COc1ccc(CCNC(=O)c2ccccc2NC(=O)c2ccc(Br)cc2)cc1OC. The monoisotopic (exact) mass is 482 g/mol. The Morgan fingerprint density at radius 1 is 0.871 bits per heavy atom. The van der Waals surface area contributed by atoms with Gasteiger partial charge in [-0.15, -0.1) is 0 Å². The molecule has 3 aromatic rings. The van der Waals surface area contributed by atoms with E-state index in [0.29, 0.717) is 41.3 Å². The molecule has 0 atom stereocenters. The van der Waals surface area contributed by atoms with Gasteiger partial charge in [-0.25, -0.2) is 0 Å². The Hall–Kier alpha value is -3.32. The van der Waals surface area contributed by atoms with Gasteiger partial charge in [0.15, 0.2) is 11.5 Å². The molecule has 31 heavy (non-hydrogen) atoms. The van der Waals surface area contributed by atoms with Crippen LogP contribution in [0.25, 0.3) is 0 Å². The molecule has 0 saturated heterocycles. The van der Waals surface area contributed by atoms with E-state index in [1.165, 1.54) is 0 Å². The van der Waals surface area contributed by atoms with Gasteiger partial charge in [0.2, 0.25) is 0 Å². The number of halogens is 1. The Morgan fingerprint density at radius 3 is 2.29 bits per heavy atom. The first-order valence-corrected chi connectivity index (χ1v) is 10.5. The molecular weight excluding hydrogens is 460 g/mol. The minimum atomic E-state index is -0.280. The minimum absolute atomic E-state index is 0.257. The highest BCUT2D eigenvalue weighted by Crippen LogP contribution is 2.27. The number of benzene rings is 3. The van der Waals surface area contributed by atoms with Crippen molar-refractivity contribution in [1.82, 2.24) is 5.32 Å². The third kappa shape index (κ3) is 5.86. The van der Waals surface area contributed by atoms with Crippen molar-refractivity contribution in [2.24, 2.45) is 0 Å². The molecule has 6 nitrogen and oxygen atoms in total. The normalized spacial score (nSPS) is 10.3. The number of rotatable bonds is 8. The van der Waals surface area contributed by atoms with Gasteiger partial charge >= 0.3 is 0 Å². The number of carbonyl (C=O) groups excluding carboxylic acids is 2. The van der Waals surface area contributed by atoms with Crippen molar-refractivity contribution in [3.05, 3.63) is 87.9 Å². The Kier molecular flexibility index (Phi) is 7.67. The molecular formula is C24H23BrN2O4. The lowest BCUT2D eigenvalue weighted by molar-refractivity contribution is 0.0955. The molecule has 0 unspecified atom stereocenters. The lowest BCUT2D eigenvalue weighted by Gasteiger charge is -2.12. The predicted octanol–water partition coefficient (Wildman–Crippen LogP) is 4.69. The van der Waals surface area contributed by atoms with Gasteiger partial charge in [-0.2, -0.15) is 0 Å². The maximum atomic E-state index is 12.7. The van der Waals surface area contributed by atoms with E-state index in [0.717, 1.165) is 10.0 Å². The highest BCUT2D eigenvalue weighted by molar-refractivity contribution is 9.10. The molecule has 160 valence electrons. The third-order valence-electron chi connectivity index (χ3n) is 4.67. The summed E-state index contributed by atoms with van der Waals surface area (Å²) in [6, 6.07) is 19.6. The molecule has 0 aliphatic carbocycles. The number of carbonyl (C=O) groups is 2. The zero-order valence-electron chi connectivity index (χ0n) is 17.3. The highest BCUT2D eigenvalue weighted by Gasteiger charge is 2.14. The third-order valence-corrected chi connectivity index (χ3v) is 5.20. The number of amides is 2. The zero-order chi connectivity index (χ0) is 22.2. The van der Waals surface area contributed by atoms with E-state index in [2.05, 4.69) is 26.6 Å². The Morgan fingerprint density at radius 2 is 1.58 bits per heavy atom. The van der Waals surface area contributed by atoms with Gasteiger partial charge in [-0.05, 0) is 60.5 Å². The number of hydrogen-bond donors (Lipinski definition) is 2. The number of hydrogen-bond acceptors (Lipinski definition) is 4. The fourth-order valence-corrected chi connectivity index (χ4v) is 3.30. The van der Waals surface area contributed by atoms with E-state index in [1.54, 1.807) is 62.8 Å². The van der Waals surface area contributed by atoms with Crippen molar-refractivity contribution in [2.75, 3.05) is 26.1 Å². The van der Waals surface area contributed by atoms with Crippen LogP contribution in [0.2, 0.25) is 0 Å². The molecule has 3 aromatic carbocycles. The molecule has 7 heteroatoms. The van der Waals surface area contributed by atoms with Crippen LogP contribution in [-0.2, 0) is 6.42 Å². The second kappa shape index (κ2) is 10.6. The first-order valence-electron chi connectivity index (χ1n) is 9.67. The molecule has 0 radical (unpaired) electrons. The summed E-state index contributed by atoms with van der Waals surface area (Å²) in [5, 5.41) is 5.72. The van der Waals surface area contributed by atoms with Crippen LogP contribution in [0.3, 0.4) is 0 Å². The van der Waals surface area contributed by atoms with Gasteiger partial charge in [-0.3, -0.25) is 9.59 Å². The van der Waals surface area contributed by atoms with Crippen LogP contribution in [0.4, 0.5) is 5.69 Å². The number of methoxy groups -OCH3 is 2. The molecule has 0 heterocycles. The van der Waals surface area contributed by atoms with Gasteiger partial charge < -0.3 is 20.1 Å². The van der Waals surface area contributed by atoms with Crippen LogP contribution in [0.1, 0.15) is 26.3 Å². The van der Waals surface area contributed by atoms with Crippen LogP contribution in [0.15, 0.2) is 71.2 Å². The summed E-state index contributed by atoms with van der Waals surface area (Å²) in [6.07, 6.45) is 0.625. The average Bonchev–Trinajstić information content (AvgIpc) is 2.79. The van der Waals surface area contributed by atoms with Crippen molar-refractivity contribution in [3.8, 4) is 11.5 Å². The lowest BCUT2D eigenvalue weighted by Crippen LogP contribution is -2.27. The van der Waals surface area contributed by atoms with Gasteiger partial charge in [0.05, 0.1) is 25.5 Å². The molecule has 2 amide bonds. The minimum Gasteiger partial charge on any atom is -0.493 e. The number of ether oxygens (including phenoxy) is 2. The van der Waals surface area contributed by atoms with E-state index in [9.17, 15) is 9.59 Å². The van der Waals surface area contributed by atoms with Gasteiger partial charge in [0, 0.05) is 16.6 Å². The summed E-state index contributed by atoms with van der Waals surface area (Å²) in [6.45, 7) is 0.434. The summed E-state index contributed by atoms with van der Waals surface area (Å²) >= 11 is 3.35. The molecule has 2 N–H and O–H groups in total. The fraction of sp³-hybridized carbons (Fsp3) is 0.167. The van der Waals surface area contributed by atoms with Crippen LogP contribution in [0.5, 0.6) is 11.5 Å².